The van der Waals surface area contributed by atoms with Crippen LogP contribution in [0.2, 0.25) is 0 Å². The maximum absolute atomic E-state index is 12.7. The Morgan fingerprint density at radius 2 is 1.86 bits per heavy atom. The van der Waals surface area contributed by atoms with Crippen molar-refractivity contribution in [1.82, 2.24) is 5.32 Å². The van der Waals surface area contributed by atoms with E-state index in [0.29, 0.717) is 11.4 Å². The van der Waals surface area contributed by atoms with Gasteiger partial charge in [-0.15, -0.1) is 0 Å². The Morgan fingerprint density at radius 3 is 2.46 bits per heavy atom. The summed E-state index contributed by atoms with van der Waals surface area (Å²) < 4.78 is 0. The molecule has 0 aromatic heterocycles. The summed E-state index contributed by atoms with van der Waals surface area (Å²) in [5.41, 5.74) is 0.966. The van der Waals surface area contributed by atoms with Crippen LogP contribution in [0.15, 0.2) is 59.6 Å². The van der Waals surface area contributed by atoms with Crippen LogP contribution < -0.4 is 10.2 Å². The second kappa shape index (κ2) is 8.37. The monoisotopic (exact) mass is 394 g/mol. The molecule has 1 saturated heterocycles. The number of thioether (sulfide) groups is 1. The normalized spacial score (nSPS) is 16.8. The first-order valence-electron chi connectivity index (χ1n) is 8.15. The average molecular weight is 394 g/mol. The number of carbonyl (C=O) groups excluding carboxylic acids is 2. The molecule has 0 radical (unpaired) electrons. The number of nitriles is 1. The van der Waals surface area contributed by atoms with E-state index in [9.17, 15) is 14.4 Å². The van der Waals surface area contributed by atoms with Gasteiger partial charge in [-0.2, -0.15) is 5.26 Å². The number of amidine groups is 1. The lowest BCUT2D eigenvalue weighted by atomic mass is 10.2. The summed E-state index contributed by atoms with van der Waals surface area (Å²) in [6, 6.07) is 14.4. The number of carboxylic acids is 1. The first-order valence-corrected chi connectivity index (χ1v) is 9.03. The van der Waals surface area contributed by atoms with Gasteiger partial charge in [0.05, 0.1) is 16.9 Å². The summed E-state index contributed by atoms with van der Waals surface area (Å²) >= 11 is 1.00. The van der Waals surface area contributed by atoms with E-state index in [2.05, 4.69) is 10.3 Å². The van der Waals surface area contributed by atoms with Gasteiger partial charge in [-0.25, -0.2) is 14.7 Å². The number of hydrogen-bond acceptors (Lipinski definition) is 6. The van der Waals surface area contributed by atoms with Crippen molar-refractivity contribution in [1.29, 1.82) is 5.26 Å². The number of para-hydroxylation sites is 1. The molecule has 28 heavy (non-hydrogen) atoms. The molecule has 1 fully saturated rings. The third kappa shape index (κ3) is 4.19. The quantitative estimate of drug-likeness (QED) is 0.268. The molecule has 0 saturated carbocycles. The molecule has 0 bridgehead atoms. The molecule has 1 atom stereocenters. The highest BCUT2D eigenvalue weighted by Gasteiger charge is 2.40. The van der Waals surface area contributed by atoms with E-state index < -0.39 is 23.0 Å². The minimum Gasteiger partial charge on any atom is -0.478 e. The van der Waals surface area contributed by atoms with Crippen molar-refractivity contribution in [3.8, 4) is 6.19 Å². The number of aromatic carboxylic acids is 1. The molecule has 3 rings (SSSR count). The summed E-state index contributed by atoms with van der Waals surface area (Å²) in [5.74, 6) is -1.94. The lowest BCUT2D eigenvalue weighted by Gasteiger charge is -2.15. The molecule has 8 nitrogen and oxygen atoms in total. The highest BCUT2D eigenvalue weighted by atomic mass is 32.2. The van der Waals surface area contributed by atoms with Crippen LogP contribution >= 0.6 is 11.8 Å². The van der Waals surface area contributed by atoms with Crippen LogP contribution in [-0.2, 0) is 9.59 Å². The highest BCUT2D eigenvalue weighted by molar-refractivity contribution is 8.15. The number of amides is 2. The standard InChI is InChI=1S/C19H14N4O4S/c20-11-21-19(22-13-4-2-1-3-5-13)28-15-10-16(24)23(17(15)25)14-8-6-12(7-9-14)18(26)27/h1-9,15H,10H2,(H,21,22)(H,26,27)/t15-/m1/s1. The molecule has 0 aliphatic carbocycles. The molecule has 2 N–H and O–H groups in total. The Labute approximate surface area is 164 Å². The summed E-state index contributed by atoms with van der Waals surface area (Å²) in [6.45, 7) is 0. The largest absolute Gasteiger partial charge is 0.478 e. The zero-order chi connectivity index (χ0) is 20.1. The molecule has 1 heterocycles. The predicted molar refractivity (Wildman–Crippen MR) is 104 cm³/mol. The number of nitrogens with zero attached hydrogens (tertiary/aromatic N) is 3. The van der Waals surface area contributed by atoms with Crippen LogP contribution in [0.3, 0.4) is 0 Å². The molecule has 2 aromatic rings. The van der Waals surface area contributed by atoms with Crippen LogP contribution in [0.25, 0.3) is 0 Å². The third-order valence-electron chi connectivity index (χ3n) is 3.88. The summed E-state index contributed by atoms with van der Waals surface area (Å²) in [7, 11) is 0. The number of imide groups is 1. The first-order chi connectivity index (χ1) is 13.5. The van der Waals surface area contributed by atoms with Gasteiger partial charge in [0.1, 0.15) is 5.25 Å². The summed E-state index contributed by atoms with van der Waals surface area (Å²) in [6.07, 6.45) is 1.73. The van der Waals surface area contributed by atoms with Gasteiger partial charge in [-0.05, 0) is 36.4 Å². The van der Waals surface area contributed by atoms with Crippen LogP contribution in [0, 0.1) is 11.5 Å². The van der Waals surface area contributed by atoms with Crippen molar-refractivity contribution in [2.45, 2.75) is 11.7 Å². The number of rotatable bonds is 4. The Morgan fingerprint density at radius 1 is 1.18 bits per heavy atom. The average Bonchev–Trinajstić information content (AvgIpc) is 2.96. The molecular weight excluding hydrogens is 380 g/mol. The van der Waals surface area contributed by atoms with Crippen molar-refractivity contribution in [3.05, 3.63) is 60.2 Å². The lowest BCUT2D eigenvalue weighted by molar-refractivity contribution is -0.121. The van der Waals surface area contributed by atoms with E-state index in [0.717, 1.165) is 16.7 Å². The zero-order valence-electron chi connectivity index (χ0n) is 14.4. The summed E-state index contributed by atoms with van der Waals surface area (Å²) in [4.78, 5) is 41.4. The molecule has 1 aliphatic rings. The Hall–Kier alpha value is -3.64. The van der Waals surface area contributed by atoms with Crippen molar-refractivity contribution in [2.24, 2.45) is 4.99 Å². The minimum atomic E-state index is -1.09. The fourth-order valence-corrected chi connectivity index (χ4v) is 3.57. The highest BCUT2D eigenvalue weighted by Crippen LogP contribution is 2.31. The number of benzene rings is 2. The molecule has 140 valence electrons. The number of nitrogens with one attached hydrogen (secondary N) is 1. The molecule has 0 spiro atoms. The number of anilines is 1. The van der Waals surface area contributed by atoms with Crippen LogP contribution in [0.4, 0.5) is 11.4 Å². The number of carboxylic acid groups (broad SMARTS) is 1. The van der Waals surface area contributed by atoms with Gasteiger partial charge >= 0.3 is 5.97 Å². The van der Waals surface area contributed by atoms with E-state index in [4.69, 9.17) is 10.4 Å². The van der Waals surface area contributed by atoms with Crippen molar-refractivity contribution >= 4 is 46.1 Å². The Bertz CT molecular complexity index is 983. The number of aliphatic imine (C=N–C) groups is 1. The first kappa shape index (κ1) is 19.1. The van der Waals surface area contributed by atoms with E-state index in [1.165, 1.54) is 24.3 Å². The van der Waals surface area contributed by atoms with E-state index in [1.807, 2.05) is 6.07 Å². The van der Waals surface area contributed by atoms with Gasteiger partial charge in [0.2, 0.25) is 11.8 Å². The SMILES string of the molecule is N#CNC(=Nc1ccccc1)S[C@@H]1CC(=O)N(c2ccc(C(=O)O)cc2)C1=O. The van der Waals surface area contributed by atoms with Crippen molar-refractivity contribution < 1.29 is 19.5 Å². The molecule has 0 unspecified atom stereocenters. The Balaban J connectivity index is 1.79. The zero-order valence-corrected chi connectivity index (χ0v) is 15.2. The van der Waals surface area contributed by atoms with Gasteiger partial charge in [0.15, 0.2) is 11.4 Å². The smallest absolute Gasteiger partial charge is 0.335 e. The van der Waals surface area contributed by atoms with Crippen LogP contribution in [0.5, 0.6) is 0 Å². The number of hydrogen-bond donors (Lipinski definition) is 2. The molecule has 2 aromatic carbocycles. The fraction of sp³-hybridized carbons (Fsp3) is 0.105. The molecule has 9 heteroatoms. The topological polar surface area (TPSA) is 123 Å². The lowest BCUT2D eigenvalue weighted by Crippen LogP contribution is -2.32. The fourth-order valence-electron chi connectivity index (χ4n) is 2.61. The molecule has 2 amide bonds. The maximum Gasteiger partial charge on any atom is 0.335 e. The Kier molecular flexibility index (Phi) is 5.72. The predicted octanol–water partition coefficient (Wildman–Crippen LogP) is 2.51. The molecule has 1 aliphatic heterocycles. The van der Waals surface area contributed by atoms with Crippen LogP contribution in [0.1, 0.15) is 16.8 Å². The number of carbonyl (C=O) groups is 3. The van der Waals surface area contributed by atoms with E-state index >= 15 is 0 Å². The second-order valence-electron chi connectivity index (χ2n) is 5.72. The maximum atomic E-state index is 12.7. The third-order valence-corrected chi connectivity index (χ3v) is 4.95. The van der Waals surface area contributed by atoms with Gasteiger partial charge in [0.25, 0.3) is 0 Å². The van der Waals surface area contributed by atoms with E-state index in [1.54, 1.807) is 30.5 Å². The van der Waals surface area contributed by atoms with Gasteiger partial charge in [-0.1, -0.05) is 30.0 Å². The van der Waals surface area contributed by atoms with Gasteiger partial charge in [-0.3, -0.25) is 14.9 Å². The minimum absolute atomic E-state index is 0.0505. The van der Waals surface area contributed by atoms with Crippen molar-refractivity contribution in [2.75, 3.05) is 4.90 Å². The van der Waals surface area contributed by atoms with Crippen molar-refractivity contribution in [3.63, 3.8) is 0 Å². The summed E-state index contributed by atoms with van der Waals surface area (Å²) in [5, 5.41) is 19.8. The van der Waals surface area contributed by atoms with E-state index in [-0.39, 0.29) is 17.2 Å². The van der Waals surface area contributed by atoms with Crippen LogP contribution in [-0.4, -0.2) is 33.3 Å². The van der Waals surface area contributed by atoms with Gasteiger partial charge in [0, 0.05) is 6.42 Å². The molecular formula is C19H14N4O4S. The second-order valence-corrected chi connectivity index (χ2v) is 6.91. The van der Waals surface area contributed by atoms with Gasteiger partial charge < -0.3 is 5.11 Å².